The lowest BCUT2D eigenvalue weighted by atomic mass is 10.2. The van der Waals surface area contributed by atoms with E-state index in [0.29, 0.717) is 28.7 Å². The smallest absolute Gasteiger partial charge is 0.419 e. The van der Waals surface area contributed by atoms with E-state index in [-0.39, 0.29) is 5.92 Å². The molecule has 1 aliphatic rings. The molecule has 1 fully saturated rings. The molecule has 2 aromatic carbocycles. The van der Waals surface area contributed by atoms with E-state index in [2.05, 4.69) is 10.3 Å². The summed E-state index contributed by atoms with van der Waals surface area (Å²) in [5.41, 5.74) is 1.24. The summed E-state index contributed by atoms with van der Waals surface area (Å²) in [4.78, 5) is 27.6. The lowest BCUT2D eigenvalue weighted by Gasteiger charge is -2.11. The molecule has 1 aromatic heterocycles. The quantitative estimate of drug-likeness (QED) is 0.473. The number of amides is 1. The number of methoxy groups -OCH3 is 2. The van der Waals surface area contributed by atoms with Gasteiger partial charge in [0, 0.05) is 17.1 Å². The maximum atomic E-state index is 11.7. The van der Waals surface area contributed by atoms with Crippen molar-refractivity contribution in [3.63, 3.8) is 0 Å². The van der Waals surface area contributed by atoms with Gasteiger partial charge < -0.3 is 18.9 Å². The van der Waals surface area contributed by atoms with Crippen molar-refractivity contribution in [2.45, 2.75) is 12.8 Å². The molecule has 1 N–H and O–H groups in total. The summed E-state index contributed by atoms with van der Waals surface area (Å²) in [7, 11) is 3.15. The molecule has 0 unspecified atom stereocenters. The van der Waals surface area contributed by atoms with Gasteiger partial charge in [-0.15, -0.1) is 0 Å². The van der Waals surface area contributed by atoms with Crippen LogP contribution in [0.2, 0.25) is 0 Å². The van der Waals surface area contributed by atoms with E-state index < -0.39 is 12.1 Å². The molecule has 0 spiro atoms. The zero-order valence-electron chi connectivity index (χ0n) is 16.5. The fraction of sp³-hybridized carbons (Fsp3) is 0.227. The molecule has 1 amide bonds. The summed E-state index contributed by atoms with van der Waals surface area (Å²) < 4.78 is 21.2. The van der Waals surface area contributed by atoms with Gasteiger partial charge in [-0.2, -0.15) is 0 Å². The number of anilines is 1. The zero-order valence-corrected chi connectivity index (χ0v) is 16.5. The monoisotopic (exact) mass is 408 g/mol. The highest BCUT2D eigenvalue weighted by molar-refractivity contribution is 5.94. The second-order valence-electron chi connectivity index (χ2n) is 6.81. The Kier molecular flexibility index (Phi) is 5.38. The van der Waals surface area contributed by atoms with Crippen molar-refractivity contribution in [3.8, 4) is 23.0 Å². The van der Waals surface area contributed by atoms with Crippen LogP contribution in [-0.4, -0.2) is 31.3 Å². The third kappa shape index (κ3) is 4.43. The van der Waals surface area contributed by atoms with Crippen molar-refractivity contribution < 1.29 is 28.5 Å². The molecule has 1 heterocycles. The number of hydrogen-bond acceptors (Lipinski definition) is 7. The number of nitrogens with zero attached hydrogens (tertiary/aromatic N) is 1. The van der Waals surface area contributed by atoms with Gasteiger partial charge in [0.2, 0.25) is 0 Å². The summed E-state index contributed by atoms with van der Waals surface area (Å²) in [6, 6.07) is 12.2. The second-order valence-corrected chi connectivity index (χ2v) is 6.81. The molecular formula is C22H20N2O6. The molecule has 0 atom stereocenters. The van der Waals surface area contributed by atoms with Crippen molar-refractivity contribution in [2.75, 3.05) is 19.5 Å². The summed E-state index contributed by atoms with van der Waals surface area (Å²) in [5, 5.41) is 3.36. The van der Waals surface area contributed by atoms with Crippen LogP contribution in [0.1, 0.15) is 12.8 Å². The number of carbonyl (C=O) groups excluding carboxylic acids is 2. The number of pyridine rings is 1. The Morgan fingerprint density at radius 1 is 0.967 bits per heavy atom. The van der Waals surface area contributed by atoms with Crippen LogP contribution < -0.4 is 19.5 Å². The van der Waals surface area contributed by atoms with Crippen molar-refractivity contribution in [1.29, 1.82) is 0 Å². The average Bonchev–Trinajstić information content (AvgIpc) is 3.59. The highest BCUT2D eigenvalue weighted by Gasteiger charge is 2.32. The fourth-order valence-corrected chi connectivity index (χ4v) is 2.87. The molecule has 8 nitrogen and oxygen atoms in total. The molecule has 3 aromatic rings. The third-order valence-corrected chi connectivity index (χ3v) is 4.60. The number of esters is 1. The molecule has 0 aliphatic heterocycles. The number of carbonyl (C=O) groups is 2. The Balaban J connectivity index is 1.42. The minimum Gasteiger partial charge on any atom is -0.493 e. The molecule has 1 saturated carbocycles. The number of hydrogen-bond donors (Lipinski definition) is 1. The minimum atomic E-state index is -0.788. The molecular weight excluding hydrogens is 388 g/mol. The lowest BCUT2D eigenvalue weighted by molar-refractivity contribution is -0.138. The van der Waals surface area contributed by atoms with Crippen LogP contribution in [0.4, 0.5) is 10.5 Å². The first kappa shape index (κ1) is 19.5. The summed E-state index contributed by atoms with van der Waals surface area (Å²) >= 11 is 0. The van der Waals surface area contributed by atoms with Gasteiger partial charge >= 0.3 is 12.1 Å². The number of ether oxygens (including phenoxy) is 4. The van der Waals surface area contributed by atoms with E-state index in [9.17, 15) is 9.59 Å². The SMILES string of the molecule is COc1cc2cc(Oc3ccc(NC(=O)OC(=O)C4CC4)cc3)cnc2cc1OC. The van der Waals surface area contributed by atoms with Crippen LogP contribution in [0, 0.1) is 5.92 Å². The standard InChI is InChI=1S/C22H20N2O6/c1-27-19-10-14-9-17(12-23-18(14)11-20(19)28-2)29-16-7-5-15(6-8-16)24-22(26)30-21(25)13-3-4-13/h5-13H,3-4H2,1-2H3,(H,24,26). The molecule has 154 valence electrons. The van der Waals surface area contributed by atoms with E-state index >= 15 is 0 Å². The first-order valence-corrected chi connectivity index (χ1v) is 9.38. The molecule has 8 heteroatoms. The van der Waals surface area contributed by atoms with E-state index in [1.54, 1.807) is 50.7 Å². The molecule has 0 saturated heterocycles. The highest BCUT2D eigenvalue weighted by Crippen LogP contribution is 2.33. The van der Waals surface area contributed by atoms with Crippen LogP contribution in [0.5, 0.6) is 23.0 Å². The number of rotatable bonds is 6. The molecule has 30 heavy (non-hydrogen) atoms. The first-order chi connectivity index (χ1) is 14.6. The van der Waals surface area contributed by atoms with E-state index in [1.807, 2.05) is 12.1 Å². The van der Waals surface area contributed by atoms with Gasteiger partial charge in [0.05, 0.1) is 31.9 Å². The predicted octanol–water partition coefficient (Wildman–Crippen LogP) is 4.53. The molecule has 0 radical (unpaired) electrons. The fourth-order valence-electron chi connectivity index (χ4n) is 2.87. The van der Waals surface area contributed by atoms with Crippen molar-refractivity contribution in [1.82, 2.24) is 4.98 Å². The maximum absolute atomic E-state index is 11.7. The van der Waals surface area contributed by atoms with Crippen molar-refractivity contribution in [2.24, 2.45) is 5.92 Å². The van der Waals surface area contributed by atoms with Crippen LogP contribution in [0.25, 0.3) is 10.9 Å². The van der Waals surface area contributed by atoms with Gasteiger partial charge in [-0.3, -0.25) is 15.1 Å². The molecule has 1 aliphatic carbocycles. The van der Waals surface area contributed by atoms with Gasteiger partial charge in [-0.25, -0.2) is 4.79 Å². The molecule has 0 bridgehead atoms. The van der Waals surface area contributed by atoms with Gasteiger partial charge in [-0.05, 0) is 49.2 Å². The van der Waals surface area contributed by atoms with Gasteiger partial charge in [0.15, 0.2) is 11.5 Å². The summed E-state index contributed by atoms with van der Waals surface area (Å²) in [6.07, 6.45) is 2.38. The maximum Gasteiger partial charge on any atom is 0.419 e. The molecule has 4 rings (SSSR count). The Bertz CT molecular complexity index is 1090. The number of benzene rings is 2. The van der Waals surface area contributed by atoms with Crippen LogP contribution in [0.15, 0.2) is 48.7 Å². The highest BCUT2D eigenvalue weighted by atomic mass is 16.6. The lowest BCUT2D eigenvalue weighted by Crippen LogP contribution is -2.19. The van der Waals surface area contributed by atoms with Gasteiger partial charge in [0.1, 0.15) is 11.5 Å². The van der Waals surface area contributed by atoms with Crippen LogP contribution >= 0.6 is 0 Å². The van der Waals surface area contributed by atoms with E-state index in [1.165, 1.54) is 0 Å². The van der Waals surface area contributed by atoms with Gasteiger partial charge in [-0.1, -0.05) is 0 Å². The normalized spacial score (nSPS) is 12.9. The zero-order chi connectivity index (χ0) is 21.1. The topological polar surface area (TPSA) is 96.0 Å². The number of aromatic nitrogens is 1. The minimum absolute atomic E-state index is 0.136. The third-order valence-electron chi connectivity index (χ3n) is 4.60. The summed E-state index contributed by atoms with van der Waals surface area (Å²) in [5.74, 6) is 1.70. The number of fused-ring (bicyclic) bond motifs is 1. The Hall–Kier alpha value is -3.81. The Morgan fingerprint density at radius 2 is 1.67 bits per heavy atom. The van der Waals surface area contributed by atoms with E-state index in [0.717, 1.165) is 23.7 Å². The summed E-state index contributed by atoms with van der Waals surface area (Å²) in [6.45, 7) is 0. The van der Waals surface area contributed by atoms with Crippen LogP contribution in [-0.2, 0) is 9.53 Å². The van der Waals surface area contributed by atoms with Crippen molar-refractivity contribution in [3.05, 3.63) is 48.7 Å². The number of nitrogens with one attached hydrogen (secondary N) is 1. The van der Waals surface area contributed by atoms with Crippen molar-refractivity contribution >= 4 is 28.7 Å². The Morgan fingerprint density at radius 3 is 2.33 bits per heavy atom. The first-order valence-electron chi connectivity index (χ1n) is 9.38. The van der Waals surface area contributed by atoms with Gasteiger partial charge in [0.25, 0.3) is 0 Å². The second kappa shape index (κ2) is 8.28. The Labute approximate surface area is 172 Å². The average molecular weight is 408 g/mol. The van der Waals surface area contributed by atoms with E-state index in [4.69, 9.17) is 18.9 Å². The largest absolute Gasteiger partial charge is 0.493 e. The van der Waals surface area contributed by atoms with Crippen LogP contribution in [0.3, 0.4) is 0 Å². The predicted molar refractivity (Wildman–Crippen MR) is 109 cm³/mol.